The van der Waals surface area contributed by atoms with E-state index in [2.05, 4.69) is 5.32 Å². The fourth-order valence-corrected chi connectivity index (χ4v) is 5.34. The number of amides is 1. The van der Waals surface area contributed by atoms with Crippen LogP contribution in [0.25, 0.3) is 0 Å². The van der Waals surface area contributed by atoms with Crippen LogP contribution in [0.1, 0.15) is 36.0 Å². The first-order valence-electron chi connectivity index (χ1n) is 14.5. The number of aliphatic hydroxyl groups is 1. The van der Waals surface area contributed by atoms with Crippen molar-refractivity contribution in [3.63, 3.8) is 0 Å². The van der Waals surface area contributed by atoms with Crippen LogP contribution in [0.3, 0.4) is 0 Å². The monoisotopic (exact) mass is 574 g/mol. The topological polar surface area (TPSA) is 106 Å². The van der Waals surface area contributed by atoms with Crippen molar-refractivity contribution in [3.05, 3.63) is 108 Å². The van der Waals surface area contributed by atoms with Crippen LogP contribution < -0.4 is 5.32 Å². The molecule has 1 unspecified atom stereocenters. The Hall–Kier alpha value is -3.76. The first-order chi connectivity index (χ1) is 20.6. The summed E-state index contributed by atoms with van der Waals surface area (Å²) in [6, 6.07) is 27.9. The van der Waals surface area contributed by atoms with E-state index < -0.39 is 24.5 Å². The summed E-state index contributed by atoms with van der Waals surface area (Å²) in [6.07, 6.45) is -0.291. The molecule has 2 N–H and O–H groups in total. The molecule has 3 aromatic rings. The molecule has 2 fully saturated rings. The van der Waals surface area contributed by atoms with Crippen molar-refractivity contribution < 1.29 is 33.6 Å². The number of rotatable bonds is 14. The molecule has 0 bridgehead atoms. The second kappa shape index (κ2) is 14.9. The van der Waals surface area contributed by atoms with E-state index >= 15 is 0 Å². The summed E-state index contributed by atoms with van der Waals surface area (Å²) < 4.78 is 22.7. The highest BCUT2D eigenvalue weighted by atomic mass is 16.7. The number of carbonyl (C=O) groups is 2. The Bertz CT molecular complexity index is 1260. The van der Waals surface area contributed by atoms with Gasteiger partial charge in [0.15, 0.2) is 6.29 Å². The average Bonchev–Trinajstić information content (AvgIpc) is 3.76. The van der Waals surface area contributed by atoms with E-state index in [4.69, 9.17) is 18.9 Å². The number of hydrogen-bond acceptors (Lipinski definition) is 8. The fourth-order valence-electron chi connectivity index (χ4n) is 5.34. The summed E-state index contributed by atoms with van der Waals surface area (Å²) in [6.45, 7) is 1.49. The van der Waals surface area contributed by atoms with Gasteiger partial charge in [-0.1, -0.05) is 91.0 Å². The van der Waals surface area contributed by atoms with Crippen LogP contribution in [0.4, 0.5) is 4.79 Å². The van der Waals surface area contributed by atoms with Gasteiger partial charge in [-0.15, -0.1) is 0 Å². The summed E-state index contributed by atoms with van der Waals surface area (Å²) in [5.41, 5.74) is 2.81. The number of nitrogens with zero attached hydrogens (tertiary/aromatic N) is 1. The van der Waals surface area contributed by atoms with Crippen molar-refractivity contribution in [3.8, 4) is 0 Å². The van der Waals surface area contributed by atoms with Crippen molar-refractivity contribution in [2.45, 2.75) is 69.6 Å². The first-order valence-corrected chi connectivity index (χ1v) is 14.5. The Labute approximate surface area is 246 Å². The molecule has 2 saturated heterocycles. The lowest BCUT2D eigenvalue weighted by Crippen LogP contribution is -2.42. The number of benzene rings is 3. The van der Waals surface area contributed by atoms with Crippen LogP contribution in [-0.2, 0) is 43.6 Å². The minimum Gasteiger partial charge on any atom is -0.460 e. The van der Waals surface area contributed by atoms with Crippen LogP contribution in [0.2, 0.25) is 0 Å². The lowest BCUT2D eigenvalue weighted by atomic mass is 10.1. The van der Waals surface area contributed by atoms with Gasteiger partial charge in [-0.05, 0) is 36.0 Å². The molecule has 2 aliphatic heterocycles. The van der Waals surface area contributed by atoms with Crippen LogP contribution in [0.5, 0.6) is 0 Å². The molecule has 5 rings (SSSR count). The van der Waals surface area contributed by atoms with Crippen molar-refractivity contribution >= 4 is 12.1 Å². The molecule has 0 aromatic heterocycles. The van der Waals surface area contributed by atoms with Crippen LogP contribution in [0, 0.1) is 0 Å². The van der Waals surface area contributed by atoms with Crippen molar-refractivity contribution in [1.29, 1.82) is 0 Å². The van der Waals surface area contributed by atoms with E-state index in [1.54, 1.807) is 0 Å². The molecule has 0 spiro atoms. The Morgan fingerprint density at radius 1 is 0.833 bits per heavy atom. The number of alkyl carbamates (subject to hydrolysis) is 1. The van der Waals surface area contributed by atoms with Crippen LogP contribution >= 0.6 is 0 Å². The van der Waals surface area contributed by atoms with Gasteiger partial charge in [-0.3, -0.25) is 9.69 Å². The van der Waals surface area contributed by atoms with Gasteiger partial charge >= 0.3 is 12.1 Å². The molecule has 0 radical (unpaired) electrons. The highest BCUT2D eigenvalue weighted by Gasteiger charge is 2.61. The van der Waals surface area contributed by atoms with Crippen LogP contribution in [0.15, 0.2) is 91.0 Å². The average molecular weight is 575 g/mol. The minimum atomic E-state index is -0.891. The SMILES string of the molecule is O=C(NCCCC[C@@H](C(=O)OCc1ccccc1)N1[C@@H]2[C@@H](O)[C@@H](OCc3ccccc3)OC[C@@H]21)OCc1ccccc1. The van der Waals surface area contributed by atoms with E-state index in [0.29, 0.717) is 39.0 Å². The molecule has 2 aliphatic rings. The molecule has 2 heterocycles. The Balaban J connectivity index is 1.12. The quantitative estimate of drug-likeness (QED) is 0.168. The standard InChI is InChI=1S/C33H38N2O7/c36-30-29-28(23-41-32(30)40-21-25-14-6-2-7-15-25)35(29)27(31(37)39-20-24-12-4-1-5-13-24)18-10-11-19-34-33(38)42-22-26-16-8-3-9-17-26/h1-9,12-17,27-30,32,36H,10-11,18-23H2,(H,34,38)/t27-,28-,29-,30+,32-,35?/m0/s1. The van der Waals surface area contributed by atoms with E-state index in [0.717, 1.165) is 16.7 Å². The highest BCUT2D eigenvalue weighted by Crippen LogP contribution is 2.41. The molecule has 222 valence electrons. The summed E-state index contributed by atoms with van der Waals surface area (Å²) in [5.74, 6) is -0.336. The second-order valence-corrected chi connectivity index (χ2v) is 10.6. The van der Waals surface area contributed by atoms with E-state index in [-0.39, 0.29) is 31.3 Å². The Kier molecular flexibility index (Phi) is 10.6. The summed E-state index contributed by atoms with van der Waals surface area (Å²) in [7, 11) is 0. The highest BCUT2D eigenvalue weighted by molar-refractivity contribution is 5.76. The van der Waals surface area contributed by atoms with E-state index in [1.807, 2.05) is 95.9 Å². The van der Waals surface area contributed by atoms with Gasteiger partial charge in [-0.2, -0.15) is 0 Å². The minimum absolute atomic E-state index is 0.0862. The molecular weight excluding hydrogens is 536 g/mol. The number of aliphatic hydroxyl groups excluding tert-OH is 1. The van der Waals surface area contributed by atoms with Gasteiger partial charge in [0.05, 0.1) is 25.3 Å². The number of ether oxygens (including phenoxy) is 4. The second-order valence-electron chi connectivity index (χ2n) is 10.6. The summed E-state index contributed by atoms with van der Waals surface area (Å²) in [4.78, 5) is 27.4. The fraction of sp³-hybridized carbons (Fsp3) is 0.394. The van der Waals surface area contributed by atoms with E-state index in [9.17, 15) is 14.7 Å². The first kappa shape index (κ1) is 29.7. The van der Waals surface area contributed by atoms with E-state index in [1.165, 1.54) is 0 Å². The molecular formula is C33H38N2O7. The van der Waals surface area contributed by atoms with Gasteiger partial charge in [0.25, 0.3) is 0 Å². The smallest absolute Gasteiger partial charge is 0.407 e. The number of esters is 1. The molecule has 3 aromatic carbocycles. The summed E-state index contributed by atoms with van der Waals surface area (Å²) >= 11 is 0. The zero-order chi connectivity index (χ0) is 29.1. The molecule has 6 atom stereocenters. The van der Waals surface area contributed by atoms with Gasteiger partial charge in [0.2, 0.25) is 0 Å². The van der Waals surface area contributed by atoms with Gasteiger partial charge < -0.3 is 29.4 Å². The van der Waals surface area contributed by atoms with Gasteiger partial charge in [-0.25, -0.2) is 4.79 Å². The maximum absolute atomic E-state index is 13.3. The third-order valence-electron chi connectivity index (χ3n) is 7.59. The molecule has 9 heteroatoms. The largest absolute Gasteiger partial charge is 0.460 e. The third kappa shape index (κ3) is 8.17. The number of fused-ring (bicyclic) bond motifs is 1. The number of nitrogens with one attached hydrogen (secondary N) is 1. The zero-order valence-electron chi connectivity index (χ0n) is 23.5. The predicted molar refractivity (Wildman–Crippen MR) is 155 cm³/mol. The lowest BCUT2D eigenvalue weighted by molar-refractivity contribution is -0.211. The molecule has 42 heavy (non-hydrogen) atoms. The van der Waals surface area contributed by atoms with Crippen molar-refractivity contribution in [1.82, 2.24) is 10.2 Å². The lowest BCUT2D eigenvalue weighted by Gasteiger charge is -2.26. The summed E-state index contributed by atoms with van der Waals surface area (Å²) in [5, 5.41) is 13.8. The number of carbonyl (C=O) groups excluding carboxylic acids is 2. The molecule has 9 nitrogen and oxygen atoms in total. The van der Waals surface area contributed by atoms with Gasteiger partial charge in [0.1, 0.15) is 25.4 Å². The molecule has 1 amide bonds. The maximum Gasteiger partial charge on any atom is 0.407 e. The third-order valence-corrected chi connectivity index (χ3v) is 7.59. The predicted octanol–water partition coefficient (Wildman–Crippen LogP) is 4.18. The Morgan fingerprint density at radius 2 is 1.40 bits per heavy atom. The maximum atomic E-state index is 13.3. The van der Waals surface area contributed by atoms with Crippen molar-refractivity contribution in [2.24, 2.45) is 0 Å². The number of unbranched alkanes of at least 4 members (excludes halogenated alkanes) is 1. The normalized spacial score (nSPS) is 23.3. The number of hydrogen-bond donors (Lipinski definition) is 2. The van der Waals surface area contributed by atoms with Crippen LogP contribution in [-0.4, -0.2) is 65.7 Å². The Morgan fingerprint density at radius 3 is 2.02 bits per heavy atom. The van der Waals surface area contributed by atoms with Crippen molar-refractivity contribution in [2.75, 3.05) is 13.2 Å². The van der Waals surface area contributed by atoms with Gasteiger partial charge in [0, 0.05) is 6.54 Å². The molecule has 0 aliphatic carbocycles. The zero-order valence-corrected chi connectivity index (χ0v) is 23.5. The molecule has 0 saturated carbocycles.